The maximum Gasteiger partial charge on any atom is 0.224 e. The monoisotopic (exact) mass is 446 g/mol. The highest BCUT2D eigenvalue weighted by molar-refractivity contribution is 7.84. The lowest BCUT2D eigenvalue weighted by atomic mass is 10.0. The van der Waals surface area contributed by atoms with Crippen LogP contribution in [0.1, 0.15) is 35.6 Å². The average Bonchev–Trinajstić information content (AvgIpc) is 3.04. The molecule has 4 nitrogen and oxygen atoms in total. The molecule has 1 aliphatic rings. The summed E-state index contributed by atoms with van der Waals surface area (Å²) < 4.78 is 25.7. The number of hydrogen-bond acceptors (Lipinski definition) is 3. The predicted molar refractivity (Wildman–Crippen MR) is 126 cm³/mol. The van der Waals surface area contributed by atoms with Gasteiger partial charge in [-0.2, -0.15) is 0 Å². The molecule has 0 saturated carbocycles. The molecular weight excluding hydrogens is 423 g/mol. The fourth-order valence-electron chi connectivity index (χ4n) is 3.83. The molecule has 1 atom stereocenters. The van der Waals surface area contributed by atoms with E-state index in [2.05, 4.69) is 10.3 Å². The van der Waals surface area contributed by atoms with E-state index in [1.165, 1.54) is 12.1 Å². The van der Waals surface area contributed by atoms with Gasteiger partial charge in [0.1, 0.15) is 5.82 Å². The topological polar surface area (TPSA) is 59.1 Å². The van der Waals surface area contributed by atoms with Crippen LogP contribution in [-0.4, -0.2) is 21.4 Å². The van der Waals surface area contributed by atoms with Crippen LogP contribution < -0.4 is 5.32 Å². The van der Waals surface area contributed by atoms with Crippen LogP contribution >= 0.6 is 0 Å². The first kappa shape index (κ1) is 21.8. The third kappa shape index (κ3) is 4.75. The van der Waals surface area contributed by atoms with Gasteiger partial charge in [0.25, 0.3) is 0 Å². The molecule has 1 heterocycles. The van der Waals surface area contributed by atoms with E-state index in [4.69, 9.17) is 0 Å². The second-order valence-electron chi connectivity index (χ2n) is 7.68. The van der Waals surface area contributed by atoms with E-state index >= 15 is 0 Å². The van der Waals surface area contributed by atoms with Crippen molar-refractivity contribution in [3.63, 3.8) is 0 Å². The average molecular weight is 447 g/mol. The fourth-order valence-corrected chi connectivity index (χ4v) is 4.35. The van der Waals surface area contributed by atoms with Gasteiger partial charge in [-0.25, -0.2) is 4.39 Å². The van der Waals surface area contributed by atoms with E-state index in [-0.39, 0.29) is 18.1 Å². The molecule has 1 amide bonds. The minimum atomic E-state index is -1.04. The molecule has 2 aromatic carbocycles. The van der Waals surface area contributed by atoms with Crippen LogP contribution in [0.25, 0.3) is 17.2 Å². The van der Waals surface area contributed by atoms with Crippen molar-refractivity contribution >= 4 is 33.9 Å². The highest BCUT2D eigenvalue weighted by Gasteiger charge is 2.25. The molecule has 162 valence electrons. The Kier molecular flexibility index (Phi) is 6.42. The van der Waals surface area contributed by atoms with E-state index in [1.807, 2.05) is 49.4 Å². The second kappa shape index (κ2) is 9.40. The Balaban J connectivity index is 1.62. The summed E-state index contributed by atoms with van der Waals surface area (Å²) in [6.45, 7) is 2.38. The number of fused-ring (bicyclic) bond motifs is 1. The third-order valence-electron chi connectivity index (χ3n) is 5.55. The summed E-state index contributed by atoms with van der Waals surface area (Å²) in [6.07, 6.45) is 7.21. The molecular formula is C26H23FN2O2S. The maximum atomic E-state index is 14.1. The Morgan fingerprint density at radius 3 is 2.47 bits per heavy atom. The van der Waals surface area contributed by atoms with Gasteiger partial charge in [0.2, 0.25) is 5.91 Å². The first-order chi connectivity index (χ1) is 15.4. The molecule has 0 aliphatic heterocycles. The lowest BCUT2D eigenvalue weighted by Crippen LogP contribution is -2.22. The van der Waals surface area contributed by atoms with Gasteiger partial charge in [0, 0.05) is 40.9 Å². The van der Waals surface area contributed by atoms with Crippen molar-refractivity contribution in [1.29, 1.82) is 0 Å². The third-order valence-corrected chi connectivity index (χ3v) is 6.49. The lowest BCUT2D eigenvalue weighted by molar-refractivity contribution is -0.120. The standard InChI is InChI=1S/C26H23FN2O2S/c1-17-23(13-18-3-6-21(7-4-18)32(2)31)22-8-5-20(27)14-25(22)24(17)15-26(30)29-16-19-9-11-28-12-10-19/h3-14H,15-16H2,1-2H3,(H,29,30). The number of amides is 1. The Morgan fingerprint density at radius 2 is 1.78 bits per heavy atom. The van der Waals surface area contributed by atoms with E-state index < -0.39 is 10.8 Å². The summed E-state index contributed by atoms with van der Waals surface area (Å²) >= 11 is 0. The fraction of sp³-hybridized carbons (Fsp3) is 0.154. The Labute approximate surface area is 189 Å². The number of benzene rings is 2. The van der Waals surface area contributed by atoms with Crippen molar-refractivity contribution in [3.05, 3.63) is 101 Å². The first-order valence-electron chi connectivity index (χ1n) is 10.2. The zero-order valence-electron chi connectivity index (χ0n) is 17.9. The zero-order valence-corrected chi connectivity index (χ0v) is 18.7. The Bertz CT molecular complexity index is 1250. The van der Waals surface area contributed by atoms with E-state index in [0.29, 0.717) is 6.54 Å². The quantitative estimate of drug-likeness (QED) is 0.580. The molecule has 0 spiro atoms. The molecule has 0 radical (unpaired) electrons. The van der Waals surface area contributed by atoms with Gasteiger partial charge in [-0.05, 0) is 88.4 Å². The maximum absolute atomic E-state index is 14.1. The number of rotatable bonds is 6. The molecule has 0 fully saturated rings. The van der Waals surface area contributed by atoms with E-state index in [9.17, 15) is 13.4 Å². The van der Waals surface area contributed by atoms with Crippen LogP contribution in [0.15, 0.2) is 77.5 Å². The molecule has 6 heteroatoms. The number of aromatic nitrogens is 1. The molecule has 1 unspecified atom stereocenters. The van der Waals surface area contributed by atoms with Crippen LogP contribution in [0.3, 0.4) is 0 Å². The van der Waals surface area contributed by atoms with Crippen molar-refractivity contribution < 1.29 is 13.4 Å². The minimum Gasteiger partial charge on any atom is -0.352 e. The molecule has 4 rings (SSSR count). The largest absolute Gasteiger partial charge is 0.352 e. The Morgan fingerprint density at radius 1 is 1.06 bits per heavy atom. The normalized spacial score (nSPS) is 15.0. The number of carbonyl (C=O) groups excluding carboxylic acids is 1. The van der Waals surface area contributed by atoms with Gasteiger partial charge < -0.3 is 5.32 Å². The lowest BCUT2D eigenvalue weighted by Gasteiger charge is -2.08. The van der Waals surface area contributed by atoms with Gasteiger partial charge in [0.05, 0.1) is 6.42 Å². The molecule has 1 aromatic heterocycles. The van der Waals surface area contributed by atoms with Gasteiger partial charge >= 0.3 is 0 Å². The van der Waals surface area contributed by atoms with Crippen LogP contribution in [0.4, 0.5) is 4.39 Å². The summed E-state index contributed by atoms with van der Waals surface area (Å²) in [4.78, 5) is 17.4. The minimum absolute atomic E-state index is 0.123. The first-order valence-corrected chi connectivity index (χ1v) is 11.8. The molecule has 32 heavy (non-hydrogen) atoms. The van der Waals surface area contributed by atoms with Crippen LogP contribution in [0.5, 0.6) is 0 Å². The second-order valence-corrected chi connectivity index (χ2v) is 9.06. The van der Waals surface area contributed by atoms with Crippen LogP contribution in [-0.2, 0) is 22.1 Å². The summed E-state index contributed by atoms with van der Waals surface area (Å²) in [5, 5.41) is 2.93. The van der Waals surface area contributed by atoms with Crippen molar-refractivity contribution in [2.75, 3.05) is 6.26 Å². The number of carbonyl (C=O) groups is 1. The van der Waals surface area contributed by atoms with Crippen molar-refractivity contribution in [2.45, 2.75) is 24.8 Å². The van der Waals surface area contributed by atoms with Crippen molar-refractivity contribution in [3.8, 4) is 0 Å². The summed E-state index contributed by atoms with van der Waals surface area (Å²) in [7, 11) is -1.04. The van der Waals surface area contributed by atoms with Gasteiger partial charge in [0.15, 0.2) is 0 Å². The number of nitrogens with zero attached hydrogens (tertiary/aromatic N) is 1. The van der Waals surface area contributed by atoms with Crippen LogP contribution in [0.2, 0.25) is 0 Å². The number of pyridine rings is 1. The molecule has 1 N–H and O–H groups in total. The summed E-state index contributed by atoms with van der Waals surface area (Å²) in [5.74, 6) is -0.454. The van der Waals surface area contributed by atoms with Crippen molar-refractivity contribution in [1.82, 2.24) is 10.3 Å². The predicted octanol–water partition coefficient (Wildman–Crippen LogP) is 4.99. The molecule has 0 saturated heterocycles. The molecule has 1 aliphatic carbocycles. The highest BCUT2D eigenvalue weighted by Crippen LogP contribution is 2.43. The smallest absolute Gasteiger partial charge is 0.224 e. The number of halogens is 1. The number of hydrogen-bond donors (Lipinski definition) is 1. The highest BCUT2D eigenvalue weighted by atomic mass is 32.2. The Hall–Kier alpha value is -3.38. The molecule has 0 bridgehead atoms. The molecule has 3 aromatic rings. The van der Waals surface area contributed by atoms with Crippen LogP contribution in [0, 0.1) is 5.82 Å². The summed E-state index contributed by atoms with van der Waals surface area (Å²) in [5.41, 5.74) is 6.31. The van der Waals surface area contributed by atoms with E-state index in [0.717, 1.165) is 43.9 Å². The number of nitrogens with one attached hydrogen (secondary N) is 1. The van der Waals surface area contributed by atoms with Crippen molar-refractivity contribution in [2.24, 2.45) is 0 Å². The zero-order chi connectivity index (χ0) is 22.7. The summed E-state index contributed by atoms with van der Waals surface area (Å²) in [6, 6.07) is 15.9. The van der Waals surface area contributed by atoms with Gasteiger partial charge in [-0.15, -0.1) is 0 Å². The van der Waals surface area contributed by atoms with Gasteiger partial charge in [-0.1, -0.05) is 18.2 Å². The van der Waals surface area contributed by atoms with Gasteiger partial charge in [-0.3, -0.25) is 14.0 Å². The SMILES string of the molecule is CC1=C(CC(=O)NCc2ccncc2)c2cc(F)ccc2C1=Cc1ccc(S(C)=O)cc1. The van der Waals surface area contributed by atoms with E-state index in [1.54, 1.807) is 24.7 Å². The number of allylic oxidation sites excluding steroid dienone is 2.